The first-order chi connectivity index (χ1) is 11.0. The van der Waals surface area contributed by atoms with Crippen LogP contribution in [0.3, 0.4) is 0 Å². The Morgan fingerprint density at radius 1 is 1.33 bits per heavy atom. The van der Waals surface area contributed by atoms with E-state index in [9.17, 15) is 19.7 Å². The van der Waals surface area contributed by atoms with Gasteiger partial charge in [0.15, 0.2) is 0 Å². The second-order valence-corrected chi connectivity index (χ2v) is 4.64. The third-order valence-electron chi connectivity index (χ3n) is 3.00. The summed E-state index contributed by atoms with van der Waals surface area (Å²) in [6, 6.07) is 4.15. The topological polar surface area (TPSA) is 137 Å². The van der Waals surface area contributed by atoms with Crippen molar-refractivity contribution in [2.24, 2.45) is 5.73 Å². The van der Waals surface area contributed by atoms with E-state index in [4.69, 9.17) is 5.73 Å². The molecule has 0 saturated carbocycles. The van der Waals surface area contributed by atoms with Crippen molar-refractivity contribution in [2.45, 2.75) is 12.8 Å². The lowest BCUT2D eigenvalue weighted by atomic mass is 10.1. The summed E-state index contributed by atoms with van der Waals surface area (Å²) in [5, 5.41) is 16.5. The maximum Gasteiger partial charge on any atom is 0.307 e. The molecule has 0 saturated heterocycles. The van der Waals surface area contributed by atoms with Gasteiger partial charge in [0, 0.05) is 24.7 Å². The second kappa shape index (κ2) is 11.2. The Balaban J connectivity index is 0.00000529. The lowest BCUT2D eigenvalue weighted by molar-refractivity contribution is -0.384. The van der Waals surface area contributed by atoms with Gasteiger partial charge in [-0.2, -0.15) is 0 Å². The Bertz CT molecular complexity index is 582. The van der Waals surface area contributed by atoms with Crippen molar-refractivity contribution in [1.29, 1.82) is 0 Å². The number of nitrogens with two attached hydrogens (primary N) is 1. The van der Waals surface area contributed by atoms with Gasteiger partial charge >= 0.3 is 5.97 Å². The van der Waals surface area contributed by atoms with Crippen LogP contribution in [0, 0.1) is 10.1 Å². The van der Waals surface area contributed by atoms with Crippen molar-refractivity contribution in [3.63, 3.8) is 0 Å². The SMILES string of the molecule is COC(=O)CCNC(=O)c1ccc(NCCCN)c([N+](=O)[O-])c1.Cl. The molecule has 0 aliphatic heterocycles. The fourth-order valence-corrected chi connectivity index (χ4v) is 1.78. The number of carbonyl (C=O) groups is 2. The van der Waals surface area contributed by atoms with Gasteiger partial charge in [-0.15, -0.1) is 12.4 Å². The van der Waals surface area contributed by atoms with Gasteiger partial charge in [0.1, 0.15) is 5.69 Å². The van der Waals surface area contributed by atoms with E-state index in [-0.39, 0.29) is 36.6 Å². The van der Waals surface area contributed by atoms with E-state index in [2.05, 4.69) is 15.4 Å². The highest BCUT2D eigenvalue weighted by atomic mass is 35.5. The first kappa shape index (κ1) is 21.6. The molecule has 10 heteroatoms. The third-order valence-corrected chi connectivity index (χ3v) is 3.00. The lowest BCUT2D eigenvalue weighted by Gasteiger charge is -2.09. The monoisotopic (exact) mass is 360 g/mol. The summed E-state index contributed by atoms with van der Waals surface area (Å²) in [5.74, 6) is -0.943. The molecule has 0 bridgehead atoms. The molecule has 0 aromatic heterocycles. The minimum absolute atomic E-state index is 0. The molecule has 9 nitrogen and oxygen atoms in total. The van der Waals surface area contributed by atoms with Gasteiger partial charge in [0.2, 0.25) is 0 Å². The number of nitrogens with zero attached hydrogens (tertiary/aromatic N) is 1. The highest BCUT2D eigenvalue weighted by Crippen LogP contribution is 2.25. The van der Waals surface area contributed by atoms with E-state index < -0.39 is 16.8 Å². The Morgan fingerprint density at radius 2 is 2.04 bits per heavy atom. The average Bonchev–Trinajstić information content (AvgIpc) is 2.54. The van der Waals surface area contributed by atoms with Gasteiger partial charge in [-0.25, -0.2) is 0 Å². The van der Waals surface area contributed by atoms with Crippen LogP contribution in [0.25, 0.3) is 0 Å². The zero-order valence-corrected chi connectivity index (χ0v) is 14.1. The number of benzene rings is 1. The number of carbonyl (C=O) groups excluding carboxylic acids is 2. The summed E-state index contributed by atoms with van der Waals surface area (Å²) in [4.78, 5) is 33.5. The first-order valence-corrected chi connectivity index (χ1v) is 7.07. The van der Waals surface area contributed by atoms with Crippen LogP contribution in [0.4, 0.5) is 11.4 Å². The zero-order valence-electron chi connectivity index (χ0n) is 13.2. The summed E-state index contributed by atoms with van der Waals surface area (Å²) in [6.07, 6.45) is 0.704. The van der Waals surface area contributed by atoms with Crippen LogP contribution in [0.1, 0.15) is 23.2 Å². The highest BCUT2D eigenvalue weighted by Gasteiger charge is 2.17. The highest BCUT2D eigenvalue weighted by molar-refractivity contribution is 5.95. The van der Waals surface area contributed by atoms with Crippen molar-refractivity contribution in [3.8, 4) is 0 Å². The van der Waals surface area contributed by atoms with Crippen LogP contribution >= 0.6 is 12.4 Å². The smallest absolute Gasteiger partial charge is 0.307 e. The fourth-order valence-electron chi connectivity index (χ4n) is 1.78. The van der Waals surface area contributed by atoms with E-state index in [0.29, 0.717) is 25.2 Å². The van der Waals surface area contributed by atoms with Crippen LogP contribution in [0.15, 0.2) is 18.2 Å². The molecule has 0 radical (unpaired) electrons. The van der Waals surface area contributed by atoms with Gasteiger partial charge < -0.3 is 21.1 Å². The van der Waals surface area contributed by atoms with E-state index in [0.717, 1.165) is 0 Å². The minimum atomic E-state index is -0.560. The Morgan fingerprint density at radius 3 is 2.62 bits per heavy atom. The van der Waals surface area contributed by atoms with Gasteiger partial charge in [-0.3, -0.25) is 19.7 Å². The van der Waals surface area contributed by atoms with E-state index in [1.54, 1.807) is 0 Å². The van der Waals surface area contributed by atoms with Crippen molar-refractivity contribution in [3.05, 3.63) is 33.9 Å². The molecule has 134 valence electrons. The number of amides is 1. The molecule has 0 aliphatic carbocycles. The number of ether oxygens (including phenoxy) is 1. The fraction of sp³-hybridized carbons (Fsp3) is 0.429. The predicted molar refractivity (Wildman–Crippen MR) is 91.5 cm³/mol. The number of rotatable bonds is 9. The summed E-state index contributed by atoms with van der Waals surface area (Å²) < 4.78 is 4.45. The van der Waals surface area contributed by atoms with Crippen LogP contribution in [-0.2, 0) is 9.53 Å². The Hall–Kier alpha value is -2.39. The van der Waals surface area contributed by atoms with Crippen molar-refractivity contribution in [2.75, 3.05) is 32.1 Å². The van der Waals surface area contributed by atoms with Gasteiger partial charge in [-0.1, -0.05) is 0 Å². The number of anilines is 1. The quantitative estimate of drug-likeness (QED) is 0.259. The van der Waals surface area contributed by atoms with E-state index >= 15 is 0 Å². The molecule has 0 atom stereocenters. The lowest BCUT2D eigenvalue weighted by Crippen LogP contribution is -2.26. The van der Waals surface area contributed by atoms with Gasteiger partial charge in [0.25, 0.3) is 11.6 Å². The normalized spacial score (nSPS) is 9.58. The molecule has 0 fully saturated rings. The number of halogens is 1. The number of hydrogen-bond donors (Lipinski definition) is 3. The molecule has 1 aromatic carbocycles. The van der Waals surface area contributed by atoms with Crippen LogP contribution in [0.2, 0.25) is 0 Å². The number of esters is 1. The number of nitrogens with one attached hydrogen (secondary N) is 2. The molecular weight excluding hydrogens is 340 g/mol. The minimum Gasteiger partial charge on any atom is -0.469 e. The first-order valence-electron chi connectivity index (χ1n) is 7.07. The number of nitro benzene ring substituents is 1. The molecule has 0 unspecified atom stereocenters. The Labute approximate surface area is 145 Å². The number of methoxy groups -OCH3 is 1. The number of hydrogen-bond acceptors (Lipinski definition) is 7. The standard InChI is InChI=1S/C14H20N4O5.ClH/c1-23-13(19)5-8-17-14(20)10-3-4-11(16-7-2-6-15)12(9-10)18(21)22;/h3-4,9,16H,2,5-8,15H2,1H3,(H,17,20);1H. The summed E-state index contributed by atoms with van der Waals surface area (Å²) in [5.41, 5.74) is 5.65. The number of nitro groups is 1. The third kappa shape index (κ3) is 6.80. The van der Waals surface area contributed by atoms with Crippen molar-refractivity contribution in [1.82, 2.24) is 5.32 Å². The van der Waals surface area contributed by atoms with Crippen molar-refractivity contribution >= 4 is 35.7 Å². The molecule has 0 aliphatic rings. The molecule has 1 rings (SSSR count). The second-order valence-electron chi connectivity index (χ2n) is 4.64. The predicted octanol–water partition coefficient (Wildman–Crippen LogP) is 1.07. The maximum absolute atomic E-state index is 11.9. The molecule has 1 aromatic rings. The maximum atomic E-state index is 11.9. The largest absolute Gasteiger partial charge is 0.469 e. The summed E-state index contributed by atoms with van der Waals surface area (Å²) in [7, 11) is 1.25. The van der Waals surface area contributed by atoms with E-state index in [1.807, 2.05) is 0 Å². The van der Waals surface area contributed by atoms with Crippen LogP contribution < -0.4 is 16.4 Å². The average molecular weight is 361 g/mol. The molecule has 1 amide bonds. The van der Waals surface area contributed by atoms with Gasteiger partial charge in [0.05, 0.1) is 18.5 Å². The molecule has 0 heterocycles. The molecular formula is C14H21ClN4O5. The zero-order chi connectivity index (χ0) is 17.2. The molecule has 4 N–H and O–H groups in total. The van der Waals surface area contributed by atoms with Crippen LogP contribution in [0.5, 0.6) is 0 Å². The Kier molecular flexibility index (Phi) is 10.1. The summed E-state index contributed by atoms with van der Waals surface area (Å²) in [6.45, 7) is 1.07. The summed E-state index contributed by atoms with van der Waals surface area (Å²) >= 11 is 0. The van der Waals surface area contributed by atoms with Gasteiger partial charge in [-0.05, 0) is 25.1 Å². The van der Waals surface area contributed by atoms with E-state index in [1.165, 1.54) is 25.3 Å². The van der Waals surface area contributed by atoms with Crippen molar-refractivity contribution < 1.29 is 19.2 Å². The molecule has 0 spiro atoms. The molecule has 24 heavy (non-hydrogen) atoms. The van der Waals surface area contributed by atoms with Crippen LogP contribution in [-0.4, -0.2) is 43.5 Å².